The van der Waals surface area contributed by atoms with Gasteiger partial charge in [-0.1, -0.05) is 0 Å². The van der Waals surface area contributed by atoms with Crippen LogP contribution in [0, 0.1) is 0 Å². The zero-order valence-electron chi connectivity index (χ0n) is 49.7. The maximum atomic E-state index is 8.89. The minimum Gasteiger partial charge on any atom is -0.550 e. The van der Waals surface area contributed by atoms with Crippen molar-refractivity contribution in [2.24, 2.45) is 34.4 Å². The van der Waals surface area contributed by atoms with Crippen LogP contribution in [0.25, 0.3) is 0 Å². The number of nitrogens with one attached hydrogen (secondary N) is 3. The van der Waals surface area contributed by atoms with E-state index in [0.29, 0.717) is 39.3 Å². The quantitative estimate of drug-likeness (QED) is 0.0647. The van der Waals surface area contributed by atoms with Crippen molar-refractivity contribution in [2.45, 2.75) is 104 Å². The molecule has 0 amide bonds. The first-order valence-electron chi connectivity index (χ1n) is 21.2. The van der Waals surface area contributed by atoms with E-state index in [2.05, 4.69) is 16.0 Å². The minimum absolute atomic E-state index is 0. The number of nitrogens with two attached hydrogens (primary N) is 6. The molecule has 0 rings (SSSR count). The van der Waals surface area contributed by atoms with Gasteiger partial charge < -0.3 is 199 Å². The van der Waals surface area contributed by atoms with Crippen molar-refractivity contribution < 1.29 is 234 Å². The summed E-state index contributed by atoms with van der Waals surface area (Å²) in [5.41, 5.74) is 31.0. The number of carbonyl (C=O) groups excluding carboxylic acids is 15. The molecule has 0 aromatic carbocycles. The summed E-state index contributed by atoms with van der Waals surface area (Å²) in [5, 5.41) is 142. The molecule has 0 heterocycles. The van der Waals surface area contributed by atoms with Gasteiger partial charge in [-0.15, -0.1) is 0 Å². The SMILES string of the molecule is CC(=O)[O-].CC(=O)[O-].CC(=O)[O-].CC(=O)[O-].CC(=O)[O-].CC(=O)[O-].CC(=O)[O-].CC(=O)[O-].CC(=O)[O-].CC(=O)[O-].CC(=O)[O-].CC(=O)[O-].CC(=O)[O-].CC(=O)[O-].CC(=O)[O-].NCCNCCN.NCCNCCN.NCCNCCN.[Cu].[Cu].[Cu].[Cu].[Cu]. The van der Waals surface area contributed by atoms with Gasteiger partial charge in [0, 0.05) is 253 Å². The number of carboxylic acid groups (broad SMARTS) is 15. The van der Waals surface area contributed by atoms with Gasteiger partial charge in [0.2, 0.25) is 0 Å². The molecule has 5 radical (unpaired) electrons. The number of carbonyl (C=O) groups is 15. The van der Waals surface area contributed by atoms with Crippen LogP contribution in [0.4, 0.5) is 0 Å². The average molecular weight is 1510 g/mol. The number of rotatable bonds is 12. The van der Waals surface area contributed by atoms with Crippen LogP contribution in [0.1, 0.15) is 104 Å². The van der Waals surface area contributed by atoms with Crippen LogP contribution in [0.15, 0.2) is 0 Å². The van der Waals surface area contributed by atoms with E-state index in [1.165, 1.54) is 0 Å². The van der Waals surface area contributed by atoms with E-state index >= 15 is 0 Å². The molecule has 0 bridgehead atoms. The Morgan fingerprint density at radius 1 is 0.186 bits per heavy atom. The van der Waals surface area contributed by atoms with E-state index in [9.17, 15) is 0 Å². The van der Waals surface area contributed by atoms with Crippen molar-refractivity contribution in [1.82, 2.24) is 16.0 Å². The second kappa shape index (κ2) is 165. The Kier molecular flexibility index (Phi) is 295. The van der Waals surface area contributed by atoms with Crippen LogP contribution in [0.2, 0.25) is 0 Å². The van der Waals surface area contributed by atoms with E-state index < -0.39 is 89.5 Å². The van der Waals surface area contributed by atoms with Crippen LogP contribution in [0.5, 0.6) is 0 Å². The predicted octanol–water partition coefficient (Wildman–Crippen LogP) is -23.2. The topological polar surface area (TPSA) is 794 Å². The molecule has 0 aromatic heterocycles. The maximum Gasteiger partial charge on any atom is 0.0383 e. The van der Waals surface area contributed by atoms with Gasteiger partial charge in [0.25, 0.3) is 0 Å². The van der Waals surface area contributed by atoms with Crippen LogP contribution >= 0.6 is 0 Å². The van der Waals surface area contributed by atoms with E-state index in [-0.39, 0.29) is 85.3 Å². The molecule has 0 spiro atoms. The first kappa shape index (κ1) is 154. The minimum atomic E-state index is -1.08. The molecule has 0 saturated carbocycles. The molecule has 0 unspecified atom stereocenters. The van der Waals surface area contributed by atoms with E-state index in [4.69, 9.17) is 183 Å². The summed E-state index contributed by atoms with van der Waals surface area (Å²) < 4.78 is 0. The van der Waals surface area contributed by atoms with Crippen molar-refractivity contribution in [3.05, 3.63) is 0 Å². The number of carboxylic acids is 15. The second-order valence-electron chi connectivity index (χ2n) is 11.4. The summed E-state index contributed by atoms with van der Waals surface area (Å²) in [6, 6.07) is 0. The van der Waals surface area contributed by atoms with Crippen LogP contribution in [-0.4, -0.2) is 168 Å². The molecule has 547 valence electrons. The molecule has 86 heavy (non-hydrogen) atoms. The fraction of sp³-hybridized carbons (Fsp3) is 0.643. The van der Waals surface area contributed by atoms with Crippen LogP contribution in [-0.2, 0) is 157 Å². The van der Waals surface area contributed by atoms with Gasteiger partial charge in [-0.05, 0) is 104 Å². The zero-order chi connectivity index (χ0) is 70.3. The molecular weight excluding hydrogens is 1430 g/mol. The van der Waals surface area contributed by atoms with Gasteiger partial charge >= 0.3 is 0 Å². The smallest absolute Gasteiger partial charge is 0.0383 e. The Hall–Kier alpha value is -5.71. The molecule has 0 aromatic rings. The first-order valence-corrected chi connectivity index (χ1v) is 21.2. The summed E-state index contributed by atoms with van der Waals surface area (Å²) >= 11 is 0. The van der Waals surface area contributed by atoms with E-state index in [0.717, 1.165) is 143 Å². The summed E-state index contributed by atoms with van der Waals surface area (Å²) in [7, 11) is 0. The normalized spacial score (nSPS) is 6.66. The summed E-state index contributed by atoms with van der Waals surface area (Å²) in [6.07, 6.45) is 0. The molecule has 0 saturated heterocycles. The van der Waals surface area contributed by atoms with Crippen LogP contribution < -0.4 is 127 Å². The third-order valence-electron chi connectivity index (χ3n) is 1.93. The number of hydrogen-bond acceptors (Lipinski definition) is 39. The Bertz CT molecular complexity index is 1040. The Morgan fingerprint density at radius 2 is 0.221 bits per heavy atom. The number of hydrogen-bond donors (Lipinski definition) is 9. The number of aliphatic carboxylic acids is 15. The van der Waals surface area contributed by atoms with Gasteiger partial charge in [0.15, 0.2) is 0 Å². The maximum absolute atomic E-state index is 8.89. The Labute approximate surface area is 553 Å². The molecule has 0 aliphatic carbocycles. The summed E-state index contributed by atoms with van der Waals surface area (Å²) in [5.74, 6) is -16.3. The van der Waals surface area contributed by atoms with E-state index in [1.807, 2.05) is 0 Å². The molecule has 44 heteroatoms. The predicted molar refractivity (Wildman–Crippen MR) is 253 cm³/mol. The zero-order valence-corrected chi connectivity index (χ0v) is 54.4. The van der Waals surface area contributed by atoms with Gasteiger partial charge in [0.1, 0.15) is 0 Å². The molecular formula is C42H84Cu5N9O30-15. The Morgan fingerprint density at radius 3 is 0.244 bits per heavy atom. The third kappa shape index (κ3) is 11800. The second-order valence-corrected chi connectivity index (χ2v) is 11.4. The van der Waals surface area contributed by atoms with Crippen LogP contribution in [0.3, 0.4) is 0 Å². The van der Waals surface area contributed by atoms with Crippen molar-refractivity contribution in [2.75, 3.05) is 78.5 Å². The molecule has 0 fully saturated rings. The van der Waals surface area contributed by atoms with Gasteiger partial charge in [0.05, 0.1) is 0 Å². The average Bonchev–Trinajstić information content (AvgIpc) is 3.16. The van der Waals surface area contributed by atoms with Gasteiger partial charge in [-0.2, -0.15) is 0 Å². The molecule has 0 aliphatic heterocycles. The molecule has 15 N–H and O–H groups in total. The Balaban J connectivity index is -0.0000000233. The van der Waals surface area contributed by atoms with Crippen molar-refractivity contribution >= 4 is 89.5 Å². The molecule has 39 nitrogen and oxygen atoms in total. The molecule has 0 aliphatic rings. The van der Waals surface area contributed by atoms with Crippen molar-refractivity contribution in [3.63, 3.8) is 0 Å². The fourth-order valence-corrected chi connectivity index (χ4v) is 0.987. The summed E-state index contributed by atoms with van der Waals surface area (Å²) in [6.45, 7) is 24.0. The first-order chi connectivity index (χ1) is 36.2. The van der Waals surface area contributed by atoms with E-state index in [1.54, 1.807) is 0 Å². The van der Waals surface area contributed by atoms with Gasteiger partial charge in [-0.25, -0.2) is 0 Å². The molecule has 0 atom stereocenters. The van der Waals surface area contributed by atoms with Crippen molar-refractivity contribution in [1.29, 1.82) is 0 Å². The standard InChI is InChI=1S/3C4H13N3.15C2H4O2.5Cu/c3*5-1-3-7-4-2-6;15*1-2(3)4;;;;;/h3*7H,1-6H2;15*1H3,(H,3,4);;;;;/p-15. The third-order valence-corrected chi connectivity index (χ3v) is 1.93. The van der Waals surface area contributed by atoms with Gasteiger partial charge in [-0.3, -0.25) is 0 Å². The van der Waals surface area contributed by atoms with Crippen molar-refractivity contribution in [3.8, 4) is 0 Å². The monoisotopic (exact) mass is 1510 g/mol. The fourth-order valence-electron chi connectivity index (χ4n) is 0.987. The summed E-state index contributed by atoms with van der Waals surface area (Å²) in [4.78, 5) is 133. The largest absolute Gasteiger partial charge is 0.550 e.